The smallest absolute Gasteiger partial charge is 0.0786 e. The molecule has 0 atom stereocenters. The molecule has 0 aromatic carbocycles. The molecule has 1 saturated heterocycles. The summed E-state index contributed by atoms with van der Waals surface area (Å²) in [5, 5.41) is 0. The highest BCUT2D eigenvalue weighted by Crippen LogP contribution is 2.20. The molecule has 1 heterocycles. The van der Waals surface area contributed by atoms with Gasteiger partial charge in [0, 0.05) is 0 Å². The van der Waals surface area contributed by atoms with E-state index in [9.17, 15) is 0 Å². The minimum atomic E-state index is 0. The van der Waals surface area contributed by atoms with Gasteiger partial charge in [-0.1, -0.05) is 39.0 Å². The molecule has 0 unspecified atom stereocenters. The maximum Gasteiger partial charge on any atom is 0.0786 e. The van der Waals surface area contributed by atoms with Crippen molar-refractivity contribution in [3.8, 4) is 0 Å². The zero-order chi connectivity index (χ0) is 12.4. The third-order valence-electron chi connectivity index (χ3n) is 4.67. The van der Waals surface area contributed by atoms with Gasteiger partial charge in [-0.2, -0.15) is 0 Å². The van der Waals surface area contributed by atoms with Gasteiger partial charge in [0.2, 0.25) is 0 Å². The average Bonchev–Trinajstić information content (AvgIpc) is 2.39. The number of hydrogen-bond donors (Lipinski definition) is 0. The fourth-order valence-corrected chi connectivity index (χ4v) is 3.29. The van der Waals surface area contributed by atoms with Gasteiger partial charge in [-0.25, -0.2) is 0 Å². The fourth-order valence-electron chi connectivity index (χ4n) is 3.29. The predicted octanol–water partition coefficient (Wildman–Crippen LogP) is 1.76. The van der Waals surface area contributed by atoms with E-state index in [0.717, 1.165) is 0 Å². The summed E-state index contributed by atoms with van der Waals surface area (Å²) in [7, 11) is 0. The van der Waals surface area contributed by atoms with Crippen LogP contribution in [0.15, 0.2) is 0 Å². The SMILES string of the molecule is CCCCCCCCC[N+]1(CC)CCCCC1.[Br-]. The number of quaternary nitrogens is 1. The molecule has 0 radical (unpaired) electrons. The van der Waals surface area contributed by atoms with Crippen LogP contribution in [0.3, 0.4) is 0 Å². The molecule has 0 N–H and O–H groups in total. The molecule has 18 heavy (non-hydrogen) atoms. The van der Waals surface area contributed by atoms with Crippen LogP contribution in [0.25, 0.3) is 0 Å². The lowest BCUT2D eigenvalue weighted by Gasteiger charge is -2.41. The Bertz CT molecular complexity index is 176. The normalized spacial score (nSPS) is 18.3. The number of hydrogen-bond acceptors (Lipinski definition) is 0. The van der Waals surface area contributed by atoms with Gasteiger partial charge < -0.3 is 21.5 Å². The van der Waals surface area contributed by atoms with Crippen LogP contribution in [0.5, 0.6) is 0 Å². The topological polar surface area (TPSA) is 0 Å². The molecule has 0 saturated carbocycles. The van der Waals surface area contributed by atoms with Gasteiger partial charge >= 0.3 is 0 Å². The predicted molar refractivity (Wildman–Crippen MR) is 77.2 cm³/mol. The van der Waals surface area contributed by atoms with E-state index in [1.54, 1.807) is 0 Å². The summed E-state index contributed by atoms with van der Waals surface area (Å²) in [5.74, 6) is 0. The molecule has 0 aliphatic carbocycles. The van der Waals surface area contributed by atoms with Gasteiger partial charge in [-0.05, 0) is 39.0 Å². The summed E-state index contributed by atoms with van der Waals surface area (Å²) < 4.78 is 1.44. The van der Waals surface area contributed by atoms with Crippen molar-refractivity contribution in [3.63, 3.8) is 0 Å². The lowest BCUT2D eigenvalue weighted by atomic mass is 10.0. The van der Waals surface area contributed by atoms with Crippen molar-refractivity contribution in [1.82, 2.24) is 0 Å². The second-order valence-corrected chi connectivity index (χ2v) is 6.01. The number of likely N-dealkylation sites (tertiary alicyclic amines) is 1. The first-order chi connectivity index (χ1) is 8.33. The Morgan fingerprint density at radius 1 is 0.722 bits per heavy atom. The van der Waals surface area contributed by atoms with Crippen LogP contribution >= 0.6 is 0 Å². The van der Waals surface area contributed by atoms with Crippen LogP contribution < -0.4 is 17.0 Å². The minimum Gasteiger partial charge on any atom is -1.00 e. The van der Waals surface area contributed by atoms with E-state index in [4.69, 9.17) is 0 Å². The Balaban J connectivity index is 0.00000289. The second kappa shape index (κ2) is 11.3. The van der Waals surface area contributed by atoms with E-state index in [1.165, 1.54) is 94.9 Å². The van der Waals surface area contributed by atoms with E-state index in [-0.39, 0.29) is 17.0 Å². The average molecular weight is 320 g/mol. The summed E-state index contributed by atoms with van der Waals surface area (Å²) >= 11 is 0. The van der Waals surface area contributed by atoms with Crippen molar-refractivity contribution in [1.29, 1.82) is 0 Å². The molecule has 0 amide bonds. The third kappa shape index (κ3) is 7.13. The highest BCUT2D eigenvalue weighted by molar-refractivity contribution is 4.54. The molecule has 1 aliphatic rings. The monoisotopic (exact) mass is 319 g/mol. The lowest BCUT2D eigenvalue weighted by molar-refractivity contribution is -0.931. The zero-order valence-electron chi connectivity index (χ0n) is 12.7. The van der Waals surface area contributed by atoms with Crippen molar-refractivity contribution in [3.05, 3.63) is 0 Å². The maximum atomic E-state index is 2.40. The Kier molecular flexibility index (Phi) is 11.6. The van der Waals surface area contributed by atoms with Crippen molar-refractivity contribution in [2.75, 3.05) is 26.2 Å². The molecule has 0 bridgehead atoms. The van der Waals surface area contributed by atoms with Gasteiger partial charge in [-0.15, -0.1) is 0 Å². The van der Waals surface area contributed by atoms with Crippen LogP contribution in [-0.2, 0) is 0 Å². The van der Waals surface area contributed by atoms with Crippen LogP contribution in [0.1, 0.15) is 78.1 Å². The second-order valence-electron chi connectivity index (χ2n) is 6.01. The first-order valence-electron chi connectivity index (χ1n) is 8.18. The first kappa shape index (κ1) is 18.4. The molecule has 110 valence electrons. The van der Waals surface area contributed by atoms with Gasteiger partial charge in [0.25, 0.3) is 0 Å². The fraction of sp³-hybridized carbons (Fsp3) is 1.00. The van der Waals surface area contributed by atoms with Crippen LogP contribution in [0.2, 0.25) is 0 Å². The highest BCUT2D eigenvalue weighted by atomic mass is 79.9. The van der Waals surface area contributed by atoms with Crippen LogP contribution in [-0.4, -0.2) is 30.7 Å². The number of piperidine rings is 1. The third-order valence-corrected chi connectivity index (χ3v) is 4.67. The molecular weight excluding hydrogens is 286 g/mol. The summed E-state index contributed by atoms with van der Waals surface area (Å²) in [5.41, 5.74) is 0. The van der Waals surface area contributed by atoms with E-state index in [1.807, 2.05) is 0 Å². The largest absolute Gasteiger partial charge is 1.00 e. The summed E-state index contributed by atoms with van der Waals surface area (Å²) in [6.07, 6.45) is 14.6. The molecule has 1 fully saturated rings. The molecule has 2 heteroatoms. The van der Waals surface area contributed by atoms with Crippen molar-refractivity contribution in [2.45, 2.75) is 78.1 Å². The molecule has 0 spiro atoms. The van der Waals surface area contributed by atoms with Crippen molar-refractivity contribution >= 4 is 0 Å². The van der Waals surface area contributed by atoms with Crippen LogP contribution in [0, 0.1) is 0 Å². The molecule has 0 aromatic heterocycles. The maximum absolute atomic E-state index is 2.40. The quantitative estimate of drug-likeness (QED) is 0.449. The Labute approximate surface area is 126 Å². The van der Waals surface area contributed by atoms with Gasteiger partial charge in [0.15, 0.2) is 0 Å². The molecule has 1 nitrogen and oxygen atoms in total. The van der Waals surface area contributed by atoms with Gasteiger partial charge in [-0.3, -0.25) is 0 Å². The van der Waals surface area contributed by atoms with Gasteiger partial charge in [0.1, 0.15) is 0 Å². The molecule has 1 rings (SSSR count). The molecule has 1 aliphatic heterocycles. The highest BCUT2D eigenvalue weighted by Gasteiger charge is 2.26. The van der Waals surface area contributed by atoms with Crippen LogP contribution in [0.4, 0.5) is 0 Å². The Morgan fingerprint density at radius 3 is 1.83 bits per heavy atom. The summed E-state index contributed by atoms with van der Waals surface area (Å²) in [6, 6.07) is 0. The Morgan fingerprint density at radius 2 is 1.28 bits per heavy atom. The van der Waals surface area contributed by atoms with E-state index in [2.05, 4.69) is 13.8 Å². The van der Waals surface area contributed by atoms with Crippen molar-refractivity contribution < 1.29 is 21.5 Å². The van der Waals surface area contributed by atoms with Gasteiger partial charge in [0.05, 0.1) is 26.2 Å². The number of unbranched alkanes of at least 4 members (excludes halogenated alkanes) is 6. The van der Waals surface area contributed by atoms with E-state index >= 15 is 0 Å². The lowest BCUT2D eigenvalue weighted by Crippen LogP contribution is -3.00. The molecule has 0 aromatic rings. The standard InChI is InChI=1S/C16H34N.BrH/c1-3-5-6-7-8-9-11-14-17(4-2)15-12-10-13-16-17;/h3-16H2,1-2H3;1H/q+1;/p-1. The number of halogens is 1. The Hall–Kier alpha value is 0.440. The summed E-state index contributed by atoms with van der Waals surface area (Å²) in [6.45, 7) is 10.5. The number of rotatable bonds is 9. The summed E-state index contributed by atoms with van der Waals surface area (Å²) in [4.78, 5) is 0. The number of nitrogens with zero attached hydrogens (tertiary/aromatic N) is 1. The van der Waals surface area contributed by atoms with E-state index < -0.39 is 0 Å². The zero-order valence-corrected chi connectivity index (χ0v) is 14.3. The first-order valence-corrected chi connectivity index (χ1v) is 8.18. The molecular formula is C16H34BrN. The van der Waals surface area contributed by atoms with E-state index in [0.29, 0.717) is 0 Å². The minimum absolute atomic E-state index is 0. The van der Waals surface area contributed by atoms with Crippen molar-refractivity contribution in [2.24, 2.45) is 0 Å².